The van der Waals surface area contributed by atoms with Gasteiger partial charge in [0.1, 0.15) is 5.01 Å². The minimum Gasteiger partial charge on any atom is -0.296 e. The first-order valence-electron chi connectivity index (χ1n) is 7.53. The van der Waals surface area contributed by atoms with Gasteiger partial charge in [0.25, 0.3) is 5.56 Å². The Morgan fingerprint density at radius 1 is 1.17 bits per heavy atom. The predicted molar refractivity (Wildman–Crippen MR) is 93.0 cm³/mol. The predicted octanol–water partition coefficient (Wildman–Crippen LogP) is 2.71. The molecule has 0 N–H and O–H groups in total. The molecule has 1 aromatic carbocycles. The number of fused-ring (bicyclic) bond motifs is 1. The van der Waals surface area contributed by atoms with Crippen LogP contribution in [0.2, 0.25) is 0 Å². The first kappa shape index (κ1) is 15.8. The lowest BCUT2D eigenvalue weighted by molar-refractivity contribution is 0.314. The minimum absolute atomic E-state index is 0.116. The average Bonchev–Trinajstić information content (AvgIpc) is 2.83. The quantitative estimate of drug-likeness (QED) is 0.739. The number of hydrogen-bond acceptors (Lipinski definition) is 5. The van der Waals surface area contributed by atoms with Crippen molar-refractivity contribution in [1.82, 2.24) is 19.5 Å². The van der Waals surface area contributed by atoms with Gasteiger partial charge in [-0.2, -0.15) is 9.61 Å². The molecule has 3 rings (SSSR count). The third kappa shape index (κ3) is 3.48. The fourth-order valence-electron chi connectivity index (χ4n) is 2.68. The van der Waals surface area contributed by atoms with E-state index in [0.717, 1.165) is 17.2 Å². The summed E-state index contributed by atoms with van der Waals surface area (Å²) in [5, 5.41) is 5.01. The van der Waals surface area contributed by atoms with E-state index in [4.69, 9.17) is 0 Å². The van der Waals surface area contributed by atoms with Crippen molar-refractivity contribution in [2.45, 2.75) is 33.9 Å². The molecule has 0 aliphatic heterocycles. The van der Waals surface area contributed by atoms with E-state index < -0.39 is 0 Å². The van der Waals surface area contributed by atoms with E-state index in [2.05, 4.69) is 47.0 Å². The van der Waals surface area contributed by atoms with Crippen molar-refractivity contribution in [2.24, 2.45) is 0 Å². The van der Waals surface area contributed by atoms with Gasteiger partial charge in [0.2, 0.25) is 4.96 Å². The maximum absolute atomic E-state index is 12.1. The summed E-state index contributed by atoms with van der Waals surface area (Å²) >= 11 is 1.44. The van der Waals surface area contributed by atoms with E-state index in [-0.39, 0.29) is 5.56 Å². The van der Waals surface area contributed by atoms with Crippen LogP contribution in [-0.2, 0) is 13.1 Å². The zero-order chi connectivity index (χ0) is 16.6. The van der Waals surface area contributed by atoms with Crippen LogP contribution in [0, 0.1) is 20.8 Å². The van der Waals surface area contributed by atoms with Crippen LogP contribution in [0.1, 0.15) is 27.4 Å². The lowest BCUT2D eigenvalue weighted by atomic mass is 10.1. The molecule has 0 fully saturated rings. The number of rotatable bonds is 4. The summed E-state index contributed by atoms with van der Waals surface area (Å²) in [4.78, 5) is 19.5. The SMILES string of the molecule is Cc1ccc(CN(C)Cc2cc(=O)n3nc(C)sc3n2)c(C)c1. The second-order valence-corrected chi connectivity index (χ2v) is 7.16. The summed E-state index contributed by atoms with van der Waals surface area (Å²) in [5.41, 5.74) is 4.53. The normalized spacial score (nSPS) is 11.5. The largest absolute Gasteiger partial charge is 0.296 e. The lowest BCUT2D eigenvalue weighted by Gasteiger charge is -2.17. The molecule has 23 heavy (non-hydrogen) atoms. The smallest absolute Gasteiger partial charge is 0.275 e. The van der Waals surface area contributed by atoms with Gasteiger partial charge in [-0.25, -0.2) is 4.98 Å². The van der Waals surface area contributed by atoms with Crippen LogP contribution in [0.5, 0.6) is 0 Å². The van der Waals surface area contributed by atoms with Gasteiger partial charge in [0.15, 0.2) is 0 Å². The van der Waals surface area contributed by atoms with Gasteiger partial charge in [-0.3, -0.25) is 9.69 Å². The fourth-order valence-corrected chi connectivity index (χ4v) is 3.45. The van der Waals surface area contributed by atoms with Crippen molar-refractivity contribution in [2.75, 3.05) is 7.05 Å². The highest BCUT2D eigenvalue weighted by Gasteiger charge is 2.10. The summed E-state index contributed by atoms with van der Waals surface area (Å²) in [7, 11) is 2.04. The molecule has 0 bridgehead atoms. The zero-order valence-corrected chi connectivity index (χ0v) is 14.6. The van der Waals surface area contributed by atoms with Gasteiger partial charge < -0.3 is 0 Å². The molecule has 120 valence electrons. The molecule has 0 aliphatic carbocycles. The molecule has 2 heterocycles. The monoisotopic (exact) mass is 328 g/mol. The van der Waals surface area contributed by atoms with Crippen LogP contribution in [0.15, 0.2) is 29.1 Å². The zero-order valence-electron chi connectivity index (χ0n) is 13.8. The first-order chi connectivity index (χ1) is 10.9. The lowest BCUT2D eigenvalue weighted by Crippen LogP contribution is -2.22. The number of hydrogen-bond donors (Lipinski definition) is 0. The Morgan fingerprint density at radius 3 is 2.70 bits per heavy atom. The summed E-state index contributed by atoms with van der Waals surface area (Å²) in [6.45, 7) is 7.58. The molecule has 0 aliphatic rings. The van der Waals surface area contributed by atoms with Crippen molar-refractivity contribution in [3.8, 4) is 0 Å². The van der Waals surface area contributed by atoms with Crippen LogP contribution in [0.3, 0.4) is 0 Å². The summed E-state index contributed by atoms with van der Waals surface area (Å²) in [6, 6.07) is 8.07. The Morgan fingerprint density at radius 2 is 1.96 bits per heavy atom. The second kappa shape index (κ2) is 6.22. The average molecular weight is 328 g/mol. The maximum Gasteiger partial charge on any atom is 0.275 e. The van der Waals surface area contributed by atoms with Gasteiger partial charge >= 0.3 is 0 Å². The Hall–Kier alpha value is -2.05. The first-order valence-corrected chi connectivity index (χ1v) is 8.35. The van der Waals surface area contributed by atoms with Crippen LogP contribution >= 0.6 is 11.3 Å². The van der Waals surface area contributed by atoms with Crippen molar-refractivity contribution in [3.05, 3.63) is 62.0 Å². The van der Waals surface area contributed by atoms with E-state index in [0.29, 0.717) is 11.5 Å². The second-order valence-electron chi connectivity index (χ2n) is 6.00. The number of aryl methyl sites for hydroxylation is 3. The third-order valence-electron chi connectivity index (χ3n) is 3.77. The van der Waals surface area contributed by atoms with Crippen molar-refractivity contribution in [3.63, 3.8) is 0 Å². The molecule has 0 saturated heterocycles. The van der Waals surface area contributed by atoms with E-state index in [1.807, 2.05) is 14.0 Å². The van der Waals surface area contributed by atoms with Crippen molar-refractivity contribution >= 4 is 16.3 Å². The van der Waals surface area contributed by atoms with Crippen molar-refractivity contribution in [1.29, 1.82) is 0 Å². The van der Waals surface area contributed by atoms with Gasteiger partial charge in [-0.1, -0.05) is 35.1 Å². The molecule has 0 saturated carbocycles. The topological polar surface area (TPSA) is 50.5 Å². The van der Waals surface area contributed by atoms with Crippen molar-refractivity contribution < 1.29 is 0 Å². The standard InChI is InChI=1S/C17H20N4OS/c1-11-5-6-14(12(2)7-11)9-20(4)10-15-8-16(22)21-17(18-15)23-13(3)19-21/h5-8H,9-10H2,1-4H3. The fraction of sp³-hybridized carbons (Fsp3) is 0.353. The van der Waals surface area contributed by atoms with Gasteiger partial charge in [-0.15, -0.1) is 0 Å². The minimum atomic E-state index is -0.116. The number of benzene rings is 1. The maximum atomic E-state index is 12.1. The Kier molecular flexibility index (Phi) is 4.28. The summed E-state index contributed by atoms with van der Waals surface area (Å²) in [6.07, 6.45) is 0. The molecule has 0 spiro atoms. The number of aromatic nitrogens is 3. The molecular weight excluding hydrogens is 308 g/mol. The van der Waals surface area contributed by atoms with E-state index in [1.165, 1.54) is 32.5 Å². The summed E-state index contributed by atoms with van der Waals surface area (Å²) in [5.74, 6) is 0. The van der Waals surface area contributed by atoms with Gasteiger partial charge in [0, 0.05) is 19.2 Å². The molecule has 0 radical (unpaired) electrons. The van der Waals surface area contributed by atoms with Gasteiger partial charge in [-0.05, 0) is 38.9 Å². The Bertz CT molecular complexity index is 913. The Balaban J connectivity index is 1.79. The molecule has 3 aromatic rings. The highest BCUT2D eigenvalue weighted by Crippen LogP contribution is 2.14. The van der Waals surface area contributed by atoms with Crippen LogP contribution in [0.25, 0.3) is 4.96 Å². The van der Waals surface area contributed by atoms with Crippen LogP contribution in [0.4, 0.5) is 0 Å². The molecule has 0 atom stereocenters. The molecule has 5 nitrogen and oxygen atoms in total. The van der Waals surface area contributed by atoms with Gasteiger partial charge in [0.05, 0.1) is 5.69 Å². The highest BCUT2D eigenvalue weighted by molar-refractivity contribution is 7.16. The molecule has 6 heteroatoms. The van der Waals surface area contributed by atoms with Crippen LogP contribution in [-0.4, -0.2) is 26.5 Å². The highest BCUT2D eigenvalue weighted by atomic mass is 32.1. The third-order valence-corrected chi connectivity index (χ3v) is 4.59. The number of nitrogens with zero attached hydrogens (tertiary/aromatic N) is 4. The van der Waals surface area contributed by atoms with E-state index >= 15 is 0 Å². The Labute approximate surface area is 139 Å². The van der Waals surface area contributed by atoms with Crippen LogP contribution < -0.4 is 5.56 Å². The summed E-state index contributed by atoms with van der Waals surface area (Å²) < 4.78 is 1.37. The molecule has 0 unspecified atom stereocenters. The van der Waals surface area contributed by atoms with E-state index in [1.54, 1.807) is 6.07 Å². The van der Waals surface area contributed by atoms with E-state index in [9.17, 15) is 4.79 Å². The molecule has 0 amide bonds. The molecular formula is C17H20N4OS. The molecule has 2 aromatic heterocycles.